The molecule has 1 rings (SSSR count). The summed E-state index contributed by atoms with van der Waals surface area (Å²) in [5.41, 5.74) is 0.714. The van der Waals surface area contributed by atoms with Gasteiger partial charge in [-0.25, -0.2) is 0 Å². The van der Waals surface area contributed by atoms with Crippen LogP contribution in [0.5, 0.6) is 0 Å². The van der Waals surface area contributed by atoms with E-state index in [0.29, 0.717) is 5.66 Å². The van der Waals surface area contributed by atoms with Crippen LogP contribution in [0.25, 0.3) is 0 Å². The zero-order chi connectivity index (χ0) is 13.8. The number of hydrogen-bond acceptors (Lipinski definition) is 1. The molecule has 0 aliphatic heterocycles. The molecule has 0 radical (unpaired) electrons. The molecule has 1 unspecified atom stereocenters. The Kier molecular flexibility index (Phi) is 6.48. The first-order chi connectivity index (χ1) is 8.26. The number of rotatable bonds is 6. The summed E-state index contributed by atoms with van der Waals surface area (Å²) >= 11 is 5.78. The SMILES string of the molecule is CC(C)P(=[Se])(SCC[Si](C)(C)C)c1ccccc1. The summed E-state index contributed by atoms with van der Waals surface area (Å²) in [5, 5.41) is 1.53. The van der Waals surface area contributed by atoms with E-state index in [1.165, 1.54) is 17.1 Å². The molecule has 0 fully saturated rings. The van der Waals surface area contributed by atoms with Crippen molar-refractivity contribution in [3.63, 3.8) is 0 Å². The molecule has 0 amide bonds. The van der Waals surface area contributed by atoms with Crippen LogP contribution < -0.4 is 5.30 Å². The van der Waals surface area contributed by atoms with Crippen molar-refractivity contribution >= 4 is 44.6 Å². The van der Waals surface area contributed by atoms with Crippen molar-refractivity contribution in [2.45, 2.75) is 45.2 Å². The molecule has 0 aliphatic carbocycles. The fourth-order valence-electron chi connectivity index (χ4n) is 1.64. The van der Waals surface area contributed by atoms with Gasteiger partial charge >= 0.3 is 126 Å². The van der Waals surface area contributed by atoms with Gasteiger partial charge in [-0.3, -0.25) is 0 Å². The fraction of sp³-hybridized carbons (Fsp3) is 0.571. The van der Waals surface area contributed by atoms with E-state index >= 15 is 0 Å². The molecule has 0 aromatic heterocycles. The van der Waals surface area contributed by atoms with Crippen molar-refractivity contribution in [1.29, 1.82) is 0 Å². The second-order valence-electron chi connectivity index (χ2n) is 6.17. The molecule has 0 bridgehead atoms. The van der Waals surface area contributed by atoms with Crippen molar-refractivity contribution in [2.24, 2.45) is 0 Å². The number of benzene rings is 1. The van der Waals surface area contributed by atoms with Gasteiger partial charge in [0.05, 0.1) is 0 Å². The van der Waals surface area contributed by atoms with Crippen LogP contribution in [0.1, 0.15) is 13.8 Å². The van der Waals surface area contributed by atoms with Crippen LogP contribution in [0.4, 0.5) is 0 Å². The molecule has 0 N–H and O–H groups in total. The van der Waals surface area contributed by atoms with Crippen LogP contribution in [0.2, 0.25) is 25.7 Å². The minimum absolute atomic E-state index is 0.714. The van der Waals surface area contributed by atoms with Crippen LogP contribution in [-0.2, 0) is 0 Å². The third-order valence-electron chi connectivity index (χ3n) is 2.93. The van der Waals surface area contributed by atoms with Crippen molar-refractivity contribution in [2.75, 3.05) is 5.75 Å². The van der Waals surface area contributed by atoms with Gasteiger partial charge in [0.15, 0.2) is 0 Å². The second-order valence-corrected chi connectivity index (χ2v) is 22.9. The first-order valence-corrected chi connectivity index (χ1v) is 15.9. The van der Waals surface area contributed by atoms with Crippen LogP contribution in [0, 0.1) is 0 Å². The van der Waals surface area contributed by atoms with Gasteiger partial charge in [-0.2, -0.15) is 0 Å². The van der Waals surface area contributed by atoms with E-state index in [1.807, 2.05) is 0 Å². The van der Waals surface area contributed by atoms with Gasteiger partial charge in [0.2, 0.25) is 0 Å². The van der Waals surface area contributed by atoms with E-state index in [1.54, 1.807) is 0 Å². The maximum atomic E-state index is 3.58. The van der Waals surface area contributed by atoms with Gasteiger partial charge in [0.1, 0.15) is 0 Å². The van der Waals surface area contributed by atoms with Gasteiger partial charge in [0, 0.05) is 0 Å². The van der Waals surface area contributed by atoms with E-state index in [9.17, 15) is 0 Å². The summed E-state index contributed by atoms with van der Waals surface area (Å²) in [6.45, 7) is 12.1. The Labute approximate surface area is 125 Å². The quantitative estimate of drug-likeness (QED) is 0.516. The first kappa shape index (κ1) is 16.8. The average molecular weight is 363 g/mol. The Morgan fingerprint density at radius 1 is 1.17 bits per heavy atom. The minimum atomic E-state index is -1.17. The Morgan fingerprint density at radius 2 is 1.72 bits per heavy atom. The van der Waals surface area contributed by atoms with E-state index < -0.39 is 12.8 Å². The molecule has 1 aromatic carbocycles. The van der Waals surface area contributed by atoms with Crippen LogP contribution >= 0.6 is 16.1 Å². The van der Waals surface area contributed by atoms with E-state index in [0.717, 1.165) is 0 Å². The fourth-order valence-corrected chi connectivity index (χ4v) is 11.9. The molecule has 18 heavy (non-hydrogen) atoms. The first-order valence-electron chi connectivity index (χ1n) is 6.55. The summed E-state index contributed by atoms with van der Waals surface area (Å²) in [5.74, 6) is 1.31. The van der Waals surface area contributed by atoms with Gasteiger partial charge in [-0.05, 0) is 0 Å². The molecular weight excluding hydrogens is 338 g/mol. The van der Waals surface area contributed by atoms with E-state index in [2.05, 4.69) is 90.3 Å². The molecular formula is C14H25PSSeSi. The van der Waals surface area contributed by atoms with Gasteiger partial charge in [-0.1, -0.05) is 0 Å². The van der Waals surface area contributed by atoms with Crippen molar-refractivity contribution < 1.29 is 0 Å². The monoisotopic (exact) mass is 364 g/mol. The molecule has 0 aliphatic rings. The van der Waals surface area contributed by atoms with Crippen molar-refractivity contribution in [3.8, 4) is 0 Å². The summed E-state index contributed by atoms with van der Waals surface area (Å²) in [4.78, 5) is 0. The third kappa shape index (κ3) is 5.02. The van der Waals surface area contributed by atoms with Gasteiger partial charge < -0.3 is 0 Å². The predicted octanol–water partition coefficient (Wildman–Crippen LogP) is 4.81. The zero-order valence-corrected chi connectivity index (χ0v) is 16.6. The average Bonchev–Trinajstić information content (AvgIpc) is 2.28. The van der Waals surface area contributed by atoms with E-state index in [-0.39, 0.29) is 0 Å². The summed E-state index contributed by atoms with van der Waals surface area (Å²) < 4.78 is -1.17. The van der Waals surface area contributed by atoms with E-state index in [4.69, 9.17) is 0 Å². The van der Waals surface area contributed by atoms with Gasteiger partial charge in [0.25, 0.3) is 0 Å². The van der Waals surface area contributed by atoms with Crippen molar-refractivity contribution in [1.82, 2.24) is 0 Å². The Morgan fingerprint density at radius 3 is 2.17 bits per heavy atom. The Hall–Kier alpha value is 0.736. The maximum absolute atomic E-state index is 3.58. The Balaban J connectivity index is 2.80. The standard InChI is InChI=1S/C14H25PSSeSi/c1-13(2)15(17,14-9-7-6-8-10-14)16-11-12-18(3,4)5/h6-10,13H,11-12H2,1-5H3. The molecule has 0 saturated heterocycles. The predicted molar refractivity (Wildman–Crippen MR) is 94.5 cm³/mol. The van der Waals surface area contributed by atoms with Gasteiger partial charge in [-0.15, -0.1) is 0 Å². The molecule has 102 valence electrons. The molecule has 0 spiro atoms. The number of hydrogen-bond donors (Lipinski definition) is 0. The molecule has 0 saturated carbocycles. The summed E-state index contributed by atoms with van der Waals surface area (Å²) in [6, 6.07) is 12.5. The molecule has 0 heterocycles. The zero-order valence-electron chi connectivity index (χ0n) is 12.1. The molecule has 1 aromatic rings. The molecule has 1 atom stereocenters. The van der Waals surface area contributed by atoms with Crippen LogP contribution in [0.15, 0.2) is 30.3 Å². The van der Waals surface area contributed by atoms with Crippen molar-refractivity contribution in [3.05, 3.63) is 30.3 Å². The summed E-state index contributed by atoms with van der Waals surface area (Å²) in [7, 11) is -0.910. The Bertz CT molecular complexity index is 412. The molecule has 0 nitrogen and oxygen atoms in total. The molecule has 4 heteroatoms. The second kappa shape index (κ2) is 6.95. The summed E-state index contributed by atoms with van der Waals surface area (Å²) in [6.07, 6.45) is 0. The topological polar surface area (TPSA) is 0 Å². The normalized spacial score (nSPS) is 15.7. The van der Waals surface area contributed by atoms with Crippen LogP contribution in [-0.4, -0.2) is 34.6 Å². The van der Waals surface area contributed by atoms with Crippen LogP contribution in [0.3, 0.4) is 0 Å². The third-order valence-corrected chi connectivity index (χ3v) is 17.8.